The Morgan fingerprint density at radius 1 is 1.38 bits per heavy atom. The van der Waals surface area contributed by atoms with E-state index >= 15 is 0 Å². The zero-order chi connectivity index (χ0) is 15.4. The number of anilines is 1. The second-order valence-electron chi connectivity index (χ2n) is 4.61. The maximum atomic E-state index is 12.1. The van der Waals surface area contributed by atoms with E-state index in [1.165, 1.54) is 0 Å². The first-order valence-corrected chi connectivity index (χ1v) is 7.62. The standard InChI is InChI=1S/C15H18BrN3O2/c1-3-11-8-12(19(4-2)18-11)9-21-15(20)13-7-10(17)5-6-14(13)16/h5-8H,3-4,9,17H2,1-2H3. The number of aromatic nitrogens is 2. The second kappa shape index (κ2) is 6.76. The fourth-order valence-electron chi connectivity index (χ4n) is 1.99. The molecule has 5 nitrogen and oxygen atoms in total. The predicted octanol–water partition coefficient (Wildman–Crippen LogP) is 3.17. The maximum absolute atomic E-state index is 12.1. The van der Waals surface area contributed by atoms with E-state index in [2.05, 4.69) is 21.0 Å². The van der Waals surface area contributed by atoms with Crippen LogP contribution in [0.2, 0.25) is 0 Å². The highest BCUT2D eigenvalue weighted by Crippen LogP contribution is 2.21. The van der Waals surface area contributed by atoms with Crippen LogP contribution in [0.5, 0.6) is 0 Å². The van der Waals surface area contributed by atoms with Gasteiger partial charge in [0.2, 0.25) is 0 Å². The number of aryl methyl sites for hydroxylation is 2. The summed E-state index contributed by atoms with van der Waals surface area (Å²) in [4.78, 5) is 12.1. The number of rotatable bonds is 5. The van der Waals surface area contributed by atoms with E-state index in [1.807, 2.05) is 24.6 Å². The molecule has 0 saturated heterocycles. The van der Waals surface area contributed by atoms with Gasteiger partial charge in [-0.3, -0.25) is 4.68 Å². The molecule has 2 rings (SSSR count). The number of ether oxygens (including phenoxy) is 1. The van der Waals surface area contributed by atoms with Gasteiger partial charge in [-0.2, -0.15) is 5.10 Å². The lowest BCUT2D eigenvalue weighted by molar-refractivity contribution is 0.0461. The summed E-state index contributed by atoms with van der Waals surface area (Å²) in [6, 6.07) is 7.02. The van der Waals surface area contributed by atoms with Gasteiger partial charge in [-0.1, -0.05) is 6.92 Å². The third-order valence-electron chi connectivity index (χ3n) is 3.14. The van der Waals surface area contributed by atoms with Crippen molar-refractivity contribution in [2.75, 3.05) is 5.73 Å². The van der Waals surface area contributed by atoms with Crippen LogP contribution in [0.4, 0.5) is 5.69 Å². The van der Waals surface area contributed by atoms with Crippen molar-refractivity contribution in [1.82, 2.24) is 9.78 Å². The Hall–Kier alpha value is -1.82. The molecule has 0 radical (unpaired) electrons. The first-order chi connectivity index (χ1) is 10.0. The van der Waals surface area contributed by atoms with Gasteiger partial charge in [0.25, 0.3) is 0 Å². The number of halogens is 1. The molecule has 0 unspecified atom stereocenters. The Balaban J connectivity index is 2.10. The van der Waals surface area contributed by atoms with Crippen molar-refractivity contribution in [3.8, 4) is 0 Å². The van der Waals surface area contributed by atoms with Crippen LogP contribution in [-0.2, 0) is 24.3 Å². The van der Waals surface area contributed by atoms with Crippen LogP contribution in [0.15, 0.2) is 28.7 Å². The zero-order valence-electron chi connectivity index (χ0n) is 12.1. The number of esters is 1. The molecule has 2 N–H and O–H groups in total. The average molecular weight is 352 g/mol. The molecule has 2 aromatic rings. The molecule has 1 heterocycles. The average Bonchev–Trinajstić information content (AvgIpc) is 2.89. The highest BCUT2D eigenvalue weighted by molar-refractivity contribution is 9.10. The summed E-state index contributed by atoms with van der Waals surface area (Å²) >= 11 is 3.33. The number of hydrogen-bond donors (Lipinski definition) is 1. The smallest absolute Gasteiger partial charge is 0.339 e. The van der Waals surface area contributed by atoms with E-state index in [9.17, 15) is 4.79 Å². The van der Waals surface area contributed by atoms with Crippen molar-refractivity contribution in [2.24, 2.45) is 0 Å². The van der Waals surface area contributed by atoms with Gasteiger partial charge in [-0.05, 0) is 53.5 Å². The Morgan fingerprint density at radius 2 is 2.14 bits per heavy atom. The van der Waals surface area contributed by atoms with Gasteiger partial charge in [-0.25, -0.2) is 4.79 Å². The first-order valence-electron chi connectivity index (χ1n) is 6.82. The summed E-state index contributed by atoms with van der Waals surface area (Å²) in [6.07, 6.45) is 0.856. The van der Waals surface area contributed by atoms with Crippen LogP contribution in [-0.4, -0.2) is 15.7 Å². The summed E-state index contributed by atoms with van der Waals surface area (Å²) < 4.78 is 7.88. The zero-order valence-corrected chi connectivity index (χ0v) is 13.7. The van der Waals surface area contributed by atoms with Crippen LogP contribution in [0.1, 0.15) is 35.6 Å². The fraction of sp³-hybridized carbons (Fsp3) is 0.333. The van der Waals surface area contributed by atoms with E-state index in [-0.39, 0.29) is 6.61 Å². The number of benzene rings is 1. The first kappa shape index (κ1) is 15.6. The van der Waals surface area contributed by atoms with Crippen molar-refractivity contribution >= 4 is 27.6 Å². The molecule has 1 aromatic heterocycles. The van der Waals surface area contributed by atoms with Crippen LogP contribution in [0.3, 0.4) is 0 Å². The summed E-state index contributed by atoms with van der Waals surface area (Å²) in [5.41, 5.74) is 8.53. The van der Waals surface area contributed by atoms with Crippen molar-refractivity contribution in [1.29, 1.82) is 0 Å². The Bertz CT molecular complexity index is 652. The van der Waals surface area contributed by atoms with Gasteiger partial charge in [-0.15, -0.1) is 0 Å². The topological polar surface area (TPSA) is 70.1 Å². The summed E-state index contributed by atoms with van der Waals surface area (Å²) in [6.45, 7) is 4.99. The molecule has 0 saturated carbocycles. The van der Waals surface area contributed by atoms with E-state index in [0.29, 0.717) is 15.7 Å². The van der Waals surface area contributed by atoms with E-state index in [4.69, 9.17) is 10.5 Å². The molecule has 0 spiro atoms. The molecule has 0 bridgehead atoms. The van der Waals surface area contributed by atoms with Crippen molar-refractivity contribution in [2.45, 2.75) is 33.4 Å². The lowest BCUT2D eigenvalue weighted by Gasteiger charge is -2.08. The molecule has 0 atom stereocenters. The third kappa shape index (κ3) is 3.64. The van der Waals surface area contributed by atoms with Gasteiger partial charge < -0.3 is 10.5 Å². The van der Waals surface area contributed by atoms with Crippen LogP contribution < -0.4 is 5.73 Å². The van der Waals surface area contributed by atoms with Gasteiger partial charge in [0.1, 0.15) is 6.61 Å². The van der Waals surface area contributed by atoms with Gasteiger partial charge in [0.15, 0.2) is 0 Å². The third-order valence-corrected chi connectivity index (χ3v) is 3.83. The molecule has 0 aliphatic carbocycles. The number of nitrogens with zero attached hydrogens (tertiary/aromatic N) is 2. The number of nitrogens with two attached hydrogens (primary N) is 1. The lowest BCUT2D eigenvalue weighted by atomic mass is 10.2. The Labute approximate surface area is 132 Å². The highest BCUT2D eigenvalue weighted by Gasteiger charge is 2.14. The van der Waals surface area contributed by atoms with Crippen molar-refractivity contribution < 1.29 is 9.53 Å². The monoisotopic (exact) mass is 351 g/mol. The largest absolute Gasteiger partial charge is 0.456 e. The predicted molar refractivity (Wildman–Crippen MR) is 85.0 cm³/mol. The minimum absolute atomic E-state index is 0.195. The summed E-state index contributed by atoms with van der Waals surface area (Å²) in [5, 5.41) is 4.43. The Kier molecular flexibility index (Phi) is 5.01. The molecule has 112 valence electrons. The molecule has 6 heteroatoms. The fourth-order valence-corrected chi connectivity index (χ4v) is 2.40. The van der Waals surface area contributed by atoms with E-state index in [1.54, 1.807) is 18.2 Å². The van der Waals surface area contributed by atoms with Gasteiger partial charge in [0.05, 0.1) is 17.0 Å². The SMILES string of the molecule is CCc1cc(COC(=O)c2cc(N)ccc2Br)n(CC)n1. The molecule has 21 heavy (non-hydrogen) atoms. The summed E-state index contributed by atoms with van der Waals surface area (Å²) in [7, 11) is 0. The molecule has 0 aliphatic heterocycles. The number of hydrogen-bond acceptors (Lipinski definition) is 4. The molecule has 1 aromatic carbocycles. The van der Waals surface area contributed by atoms with Crippen LogP contribution in [0.25, 0.3) is 0 Å². The molecular formula is C15H18BrN3O2. The van der Waals surface area contributed by atoms with Gasteiger partial charge >= 0.3 is 5.97 Å². The number of carbonyl (C=O) groups excluding carboxylic acids is 1. The summed E-state index contributed by atoms with van der Waals surface area (Å²) in [5.74, 6) is -0.406. The van der Waals surface area contributed by atoms with Gasteiger partial charge in [0, 0.05) is 16.7 Å². The second-order valence-corrected chi connectivity index (χ2v) is 5.47. The quantitative estimate of drug-likeness (QED) is 0.663. The minimum Gasteiger partial charge on any atom is -0.456 e. The molecule has 0 amide bonds. The normalized spacial score (nSPS) is 10.6. The lowest BCUT2D eigenvalue weighted by Crippen LogP contribution is -2.10. The highest BCUT2D eigenvalue weighted by atomic mass is 79.9. The van der Waals surface area contributed by atoms with Crippen LogP contribution >= 0.6 is 15.9 Å². The van der Waals surface area contributed by atoms with Crippen molar-refractivity contribution in [3.05, 3.63) is 45.7 Å². The van der Waals surface area contributed by atoms with E-state index < -0.39 is 5.97 Å². The number of nitrogen functional groups attached to an aromatic ring is 1. The Morgan fingerprint density at radius 3 is 2.81 bits per heavy atom. The van der Waals surface area contributed by atoms with E-state index in [0.717, 1.165) is 24.4 Å². The number of carbonyl (C=O) groups is 1. The molecule has 0 aliphatic rings. The van der Waals surface area contributed by atoms with Crippen molar-refractivity contribution in [3.63, 3.8) is 0 Å². The molecule has 0 fully saturated rings. The minimum atomic E-state index is -0.406. The molecular weight excluding hydrogens is 334 g/mol. The maximum Gasteiger partial charge on any atom is 0.339 e. The van der Waals surface area contributed by atoms with Crippen LogP contribution in [0, 0.1) is 0 Å².